The van der Waals surface area contributed by atoms with Crippen molar-refractivity contribution in [2.45, 2.75) is 25.4 Å². The van der Waals surface area contributed by atoms with Gasteiger partial charge in [-0.25, -0.2) is 0 Å². The molecular formula is C6H8O3. The van der Waals surface area contributed by atoms with Crippen LogP contribution in [-0.2, 0) is 9.59 Å². The summed E-state index contributed by atoms with van der Waals surface area (Å²) in [5.74, 6) is -0.756. The summed E-state index contributed by atoms with van der Waals surface area (Å²) in [6, 6.07) is 0. The SMILES string of the molecule is O=C1CCC(O)CC1=O. The van der Waals surface area contributed by atoms with Crippen molar-refractivity contribution in [3.63, 3.8) is 0 Å². The molecule has 0 spiro atoms. The van der Waals surface area contributed by atoms with Crippen molar-refractivity contribution in [3.05, 3.63) is 0 Å². The summed E-state index contributed by atoms with van der Waals surface area (Å²) in [4.78, 5) is 21.0. The van der Waals surface area contributed by atoms with E-state index < -0.39 is 11.9 Å². The summed E-state index contributed by atoms with van der Waals surface area (Å²) in [5, 5.41) is 8.82. The highest BCUT2D eigenvalue weighted by Gasteiger charge is 2.24. The van der Waals surface area contributed by atoms with E-state index in [0.29, 0.717) is 6.42 Å². The first-order valence-corrected chi connectivity index (χ1v) is 2.94. The van der Waals surface area contributed by atoms with E-state index in [2.05, 4.69) is 0 Å². The molecule has 1 aliphatic rings. The Balaban J connectivity index is 2.54. The summed E-state index contributed by atoms with van der Waals surface area (Å²) >= 11 is 0. The molecule has 9 heavy (non-hydrogen) atoms. The minimum atomic E-state index is -0.574. The zero-order chi connectivity index (χ0) is 6.85. The maximum absolute atomic E-state index is 10.5. The molecule has 1 fully saturated rings. The van der Waals surface area contributed by atoms with Gasteiger partial charge in [-0.05, 0) is 6.42 Å². The minimum absolute atomic E-state index is 0.0266. The van der Waals surface area contributed by atoms with Crippen LogP contribution in [-0.4, -0.2) is 22.8 Å². The van der Waals surface area contributed by atoms with Crippen LogP contribution in [0.2, 0.25) is 0 Å². The van der Waals surface area contributed by atoms with Gasteiger partial charge in [0, 0.05) is 12.8 Å². The van der Waals surface area contributed by atoms with Gasteiger partial charge in [0.1, 0.15) is 0 Å². The standard InChI is InChI=1S/C6H8O3/c7-4-1-2-5(8)6(9)3-4/h4,7H,1-3H2. The van der Waals surface area contributed by atoms with Gasteiger partial charge in [-0.3, -0.25) is 9.59 Å². The van der Waals surface area contributed by atoms with Gasteiger partial charge in [-0.15, -0.1) is 0 Å². The van der Waals surface area contributed by atoms with Crippen LogP contribution in [0.3, 0.4) is 0 Å². The minimum Gasteiger partial charge on any atom is -0.393 e. The van der Waals surface area contributed by atoms with E-state index in [1.54, 1.807) is 0 Å². The van der Waals surface area contributed by atoms with E-state index >= 15 is 0 Å². The lowest BCUT2D eigenvalue weighted by atomic mass is 9.96. The number of aliphatic hydroxyl groups is 1. The number of hydrogen-bond acceptors (Lipinski definition) is 3. The van der Waals surface area contributed by atoms with Crippen LogP contribution in [0.25, 0.3) is 0 Å². The van der Waals surface area contributed by atoms with Crippen LogP contribution in [0.1, 0.15) is 19.3 Å². The third-order valence-corrected chi connectivity index (χ3v) is 1.44. The molecule has 0 saturated heterocycles. The summed E-state index contributed by atoms with van der Waals surface area (Å²) in [7, 11) is 0. The van der Waals surface area contributed by atoms with Crippen molar-refractivity contribution in [2.75, 3.05) is 0 Å². The zero-order valence-electron chi connectivity index (χ0n) is 4.96. The molecule has 3 heteroatoms. The average Bonchev–Trinajstić information content (AvgIpc) is 1.80. The first-order valence-electron chi connectivity index (χ1n) is 2.94. The van der Waals surface area contributed by atoms with Crippen molar-refractivity contribution < 1.29 is 14.7 Å². The highest BCUT2D eigenvalue weighted by molar-refractivity contribution is 6.37. The second-order valence-corrected chi connectivity index (χ2v) is 2.24. The Hall–Kier alpha value is -0.700. The molecule has 0 radical (unpaired) electrons. The predicted octanol–water partition coefficient (Wildman–Crippen LogP) is -0.331. The summed E-state index contributed by atoms with van der Waals surface area (Å²) < 4.78 is 0. The normalized spacial score (nSPS) is 28.8. The van der Waals surface area contributed by atoms with Crippen molar-refractivity contribution in [1.82, 2.24) is 0 Å². The van der Waals surface area contributed by atoms with Crippen molar-refractivity contribution in [1.29, 1.82) is 0 Å². The highest BCUT2D eigenvalue weighted by Crippen LogP contribution is 2.10. The zero-order valence-corrected chi connectivity index (χ0v) is 4.96. The lowest BCUT2D eigenvalue weighted by Gasteiger charge is -2.12. The molecule has 0 aromatic heterocycles. The van der Waals surface area contributed by atoms with Crippen LogP contribution < -0.4 is 0 Å². The molecule has 0 amide bonds. The van der Waals surface area contributed by atoms with Crippen LogP contribution in [0.15, 0.2) is 0 Å². The largest absolute Gasteiger partial charge is 0.393 e. The van der Waals surface area contributed by atoms with E-state index in [9.17, 15) is 9.59 Å². The van der Waals surface area contributed by atoms with Crippen molar-refractivity contribution in [3.8, 4) is 0 Å². The molecule has 0 aliphatic heterocycles. The quantitative estimate of drug-likeness (QED) is 0.454. The maximum Gasteiger partial charge on any atom is 0.200 e. The molecule has 1 aliphatic carbocycles. The van der Waals surface area contributed by atoms with Gasteiger partial charge >= 0.3 is 0 Å². The summed E-state index contributed by atoms with van der Waals surface area (Å²) in [6.45, 7) is 0. The Kier molecular flexibility index (Phi) is 1.62. The fraction of sp³-hybridized carbons (Fsp3) is 0.667. The van der Waals surface area contributed by atoms with Crippen LogP contribution in [0.5, 0.6) is 0 Å². The molecule has 1 atom stereocenters. The monoisotopic (exact) mass is 128 g/mol. The Bertz CT molecular complexity index is 150. The van der Waals surface area contributed by atoms with E-state index in [-0.39, 0.29) is 18.6 Å². The van der Waals surface area contributed by atoms with Gasteiger partial charge in [0.05, 0.1) is 6.10 Å². The first kappa shape index (κ1) is 6.42. The van der Waals surface area contributed by atoms with E-state index in [4.69, 9.17) is 5.11 Å². The van der Waals surface area contributed by atoms with Crippen LogP contribution >= 0.6 is 0 Å². The number of aliphatic hydroxyl groups excluding tert-OH is 1. The van der Waals surface area contributed by atoms with Crippen LogP contribution in [0, 0.1) is 0 Å². The van der Waals surface area contributed by atoms with Gasteiger partial charge < -0.3 is 5.11 Å². The predicted molar refractivity (Wildman–Crippen MR) is 29.9 cm³/mol. The van der Waals surface area contributed by atoms with E-state index in [1.165, 1.54) is 0 Å². The number of ketones is 2. The van der Waals surface area contributed by atoms with Gasteiger partial charge in [-0.1, -0.05) is 0 Å². The number of carbonyl (C=O) groups excluding carboxylic acids is 2. The van der Waals surface area contributed by atoms with Gasteiger partial charge in [0.25, 0.3) is 0 Å². The fourth-order valence-electron chi connectivity index (χ4n) is 0.867. The van der Waals surface area contributed by atoms with Crippen LogP contribution in [0.4, 0.5) is 0 Å². The van der Waals surface area contributed by atoms with Gasteiger partial charge in [0.2, 0.25) is 5.78 Å². The lowest BCUT2D eigenvalue weighted by Crippen LogP contribution is -2.27. The molecule has 1 saturated carbocycles. The van der Waals surface area contributed by atoms with E-state index in [1.807, 2.05) is 0 Å². The molecular weight excluding hydrogens is 120 g/mol. The second kappa shape index (κ2) is 2.27. The molecule has 1 rings (SSSR count). The summed E-state index contributed by atoms with van der Waals surface area (Å²) in [5.41, 5.74) is 0. The Morgan fingerprint density at radius 3 is 2.44 bits per heavy atom. The lowest BCUT2D eigenvalue weighted by molar-refractivity contribution is -0.140. The third kappa shape index (κ3) is 1.36. The fourth-order valence-corrected chi connectivity index (χ4v) is 0.867. The molecule has 1 N–H and O–H groups in total. The topological polar surface area (TPSA) is 54.4 Å². The third-order valence-electron chi connectivity index (χ3n) is 1.44. The second-order valence-electron chi connectivity index (χ2n) is 2.24. The smallest absolute Gasteiger partial charge is 0.200 e. The Morgan fingerprint density at radius 2 is 2.00 bits per heavy atom. The number of carbonyl (C=O) groups is 2. The summed E-state index contributed by atoms with van der Waals surface area (Å²) in [6.07, 6.45) is 0.124. The van der Waals surface area contributed by atoms with E-state index in [0.717, 1.165) is 0 Å². The maximum atomic E-state index is 10.5. The van der Waals surface area contributed by atoms with Gasteiger partial charge in [-0.2, -0.15) is 0 Å². The highest BCUT2D eigenvalue weighted by atomic mass is 16.3. The number of rotatable bonds is 0. The Labute approximate surface area is 52.7 Å². The molecule has 0 heterocycles. The van der Waals surface area contributed by atoms with Crippen molar-refractivity contribution in [2.24, 2.45) is 0 Å². The average molecular weight is 128 g/mol. The number of hydrogen-bond donors (Lipinski definition) is 1. The molecule has 0 bridgehead atoms. The molecule has 0 aromatic rings. The van der Waals surface area contributed by atoms with Gasteiger partial charge in [0.15, 0.2) is 5.78 Å². The molecule has 50 valence electrons. The van der Waals surface area contributed by atoms with Crippen molar-refractivity contribution >= 4 is 11.6 Å². The Morgan fingerprint density at radius 1 is 1.33 bits per heavy atom. The molecule has 1 unspecified atom stereocenters. The number of Topliss-reactive ketones (excluding diaryl/α,β-unsaturated/α-hetero) is 2. The molecule has 3 nitrogen and oxygen atoms in total. The first-order chi connectivity index (χ1) is 4.20. The molecule has 0 aromatic carbocycles.